The second kappa shape index (κ2) is 4.71. The molecular weight excluding hydrogens is 206 g/mol. The van der Waals surface area contributed by atoms with E-state index in [1.807, 2.05) is 0 Å². The van der Waals surface area contributed by atoms with Crippen LogP contribution in [0.2, 0.25) is 0 Å². The summed E-state index contributed by atoms with van der Waals surface area (Å²) in [6.07, 6.45) is 0.518. The average molecular weight is 215 g/mol. The largest absolute Gasteiger partial charge is 0.466 e. The van der Waals surface area contributed by atoms with Gasteiger partial charge in [-0.2, -0.15) is 0 Å². The van der Waals surface area contributed by atoms with Crippen molar-refractivity contribution in [3.8, 4) is 0 Å². The molecule has 0 atom stereocenters. The minimum absolute atomic E-state index is 0.114. The molecule has 1 rings (SSSR count). The third-order valence-electron chi connectivity index (χ3n) is 1.52. The fraction of sp³-hybridized carbons (Fsp3) is 0.375. The van der Waals surface area contributed by atoms with Gasteiger partial charge in [-0.1, -0.05) is 11.3 Å². The molecule has 1 aromatic heterocycles. The molecule has 0 spiro atoms. The Labute approximate surface area is 84.5 Å². The van der Waals surface area contributed by atoms with E-state index in [1.165, 1.54) is 13.0 Å². The van der Waals surface area contributed by atoms with E-state index in [-0.39, 0.29) is 17.6 Å². The lowest BCUT2D eigenvalue weighted by Crippen LogP contribution is -2.02. The molecular formula is C8H9NO4S. The third-order valence-corrected chi connectivity index (χ3v) is 2.44. The molecule has 0 amide bonds. The minimum atomic E-state index is -0.431. The number of carbonyl (C=O) groups excluding carboxylic acids is 1. The maximum atomic E-state index is 10.4. The van der Waals surface area contributed by atoms with E-state index in [2.05, 4.69) is 0 Å². The lowest BCUT2D eigenvalue weighted by atomic mass is 10.2. The Bertz CT molecular complexity index is 347. The average Bonchev–Trinajstić information content (AvgIpc) is 2.52. The van der Waals surface area contributed by atoms with E-state index >= 15 is 0 Å². The molecule has 0 aromatic carbocycles. The van der Waals surface area contributed by atoms with Gasteiger partial charge in [0.1, 0.15) is 0 Å². The van der Waals surface area contributed by atoms with Crippen LogP contribution in [0.25, 0.3) is 0 Å². The zero-order valence-electron chi connectivity index (χ0n) is 7.56. The van der Waals surface area contributed by atoms with Crippen LogP contribution in [0.5, 0.6) is 0 Å². The highest BCUT2D eigenvalue weighted by Gasteiger charge is 2.09. The highest BCUT2D eigenvalue weighted by Crippen LogP contribution is 2.22. The number of hydrogen-bond acceptors (Lipinski definition) is 5. The van der Waals surface area contributed by atoms with Crippen molar-refractivity contribution in [1.82, 2.24) is 0 Å². The quantitative estimate of drug-likeness (QED) is 0.436. The van der Waals surface area contributed by atoms with Crippen LogP contribution in [-0.4, -0.2) is 17.5 Å². The first-order valence-corrected chi connectivity index (χ1v) is 4.82. The first-order valence-electron chi connectivity index (χ1n) is 3.95. The van der Waals surface area contributed by atoms with Crippen molar-refractivity contribution >= 4 is 22.3 Å². The fourth-order valence-corrected chi connectivity index (χ4v) is 1.67. The van der Waals surface area contributed by atoms with Crippen LogP contribution in [-0.2, 0) is 16.0 Å². The summed E-state index contributed by atoms with van der Waals surface area (Å²) >= 11 is 1.08. The molecule has 6 heteroatoms. The van der Waals surface area contributed by atoms with Crippen LogP contribution in [0.15, 0.2) is 11.4 Å². The van der Waals surface area contributed by atoms with Gasteiger partial charge in [0.15, 0.2) is 0 Å². The number of thiophene rings is 1. The van der Waals surface area contributed by atoms with Crippen LogP contribution < -0.4 is 0 Å². The number of ether oxygens (including phenoxy) is 1. The van der Waals surface area contributed by atoms with Crippen molar-refractivity contribution in [1.29, 1.82) is 0 Å². The summed E-state index contributed by atoms with van der Waals surface area (Å²) in [7, 11) is 0. The van der Waals surface area contributed by atoms with Crippen LogP contribution in [0, 0.1) is 10.1 Å². The van der Waals surface area contributed by atoms with Crippen molar-refractivity contribution in [2.24, 2.45) is 0 Å². The SMILES string of the molecule is CC(=O)OCCc1csc([N+](=O)[O-])c1. The number of nitrogens with zero attached hydrogens (tertiary/aromatic N) is 1. The lowest BCUT2D eigenvalue weighted by molar-refractivity contribution is -0.380. The van der Waals surface area contributed by atoms with Crippen molar-refractivity contribution in [2.45, 2.75) is 13.3 Å². The zero-order valence-corrected chi connectivity index (χ0v) is 8.37. The predicted octanol–water partition coefficient (Wildman–Crippen LogP) is 1.76. The fourth-order valence-electron chi connectivity index (χ4n) is 0.902. The molecule has 0 fully saturated rings. The summed E-state index contributed by atoms with van der Waals surface area (Å²) in [6, 6.07) is 1.49. The minimum Gasteiger partial charge on any atom is -0.466 e. The molecule has 5 nitrogen and oxygen atoms in total. The summed E-state index contributed by atoms with van der Waals surface area (Å²) in [5, 5.41) is 12.1. The Balaban J connectivity index is 2.44. The molecule has 0 saturated carbocycles. The zero-order chi connectivity index (χ0) is 10.6. The summed E-state index contributed by atoms with van der Waals surface area (Å²) in [4.78, 5) is 20.3. The number of carbonyl (C=O) groups is 1. The van der Waals surface area contributed by atoms with Gasteiger partial charge < -0.3 is 4.74 Å². The van der Waals surface area contributed by atoms with E-state index in [4.69, 9.17) is 4.74 Å². The molecule has 76 valence electrons. The van der Waals surface area contributed by atoms with E-state index in [0.29, 0.717) is 6.42 Å². The number of esters is 1. The van der Waals surface area contributed by atoms with Gasteiger partial charge in [0, 0.05) is 24.8 Å². The Hall–Kier alpha value is -1.43. The van der Waals surface area contributed by atoms with Gasteiger partial charge in [0.05, 0.1) is 11.5 Å². The molecule has 0 aliphatic rings. The van der Waals surface area contributed by atoms with Gasteiger partial charge in [0.25, 0.3) is 0 Å². The highest BCUT2D eigenvalue weighted by molar-refractivity contribution is 7.13. The van der Waals surface area contributed by atoms with Gasteiger partial charge in [0.2, 0.25) is 0 Å². The first kappa shape index (κ1) is 10.6. The highest BCUT2D eigenvalue weighted by atomic mass is 32.1. The molecule has 0 aliphatic heterocycles. The molecule has 14 heavy (non-hydrogen) atoms. The van der Waals surface area contributed by atoms with Gasteiger partial charge in [-0.15, -0.1) is 0 Å². The van der Waals surface area contributed by atoms with Crippen LogP contribution in [0.4, 0.5) is 5.00 Å². The lowest BCUT2D eigenvalue weighted by Gasteiger charge is -1.98. The van der Waals surface area contributed by atoms with Crippen molar-refractivity contribution in [3.63, 3.8) is 0 Å². The number of hydrogen-bond donors (Lipinski definition) is 0. The van der Waals surface area contributed by atoms with E-state index < -0.39 is 4.92 Å². The normalized spacial score (nSPS) is 9.79. The first-order chi connectivity index (χ1) is 6.59. The predicted molar refractivity (Wildman–Crippen MR) is 51.3 cm³/mol. The van der Waals surface area contributed by atoms with E-state index in [1.54, 1.807) is 5.38 Å². The molecule has 1 heterocycles. The summed E-state index contributed by atoms with van der Waals surface area (Å²) in [6.45, 7) is 1.60. The summed E-state index contributed by atoms with van der Waals surface area (Å²) < 4.78 is 4.71. The summed E-state index contributed by atoms with van der Waals surface area (Å²) in [5.74, 6) is -0.338. The second-order valence-corrected chi connectivity index (χ2v) is 3.53. The molecule has 0 aliphatic carbocycles. The summed E-state index contributed by atoms with van der Waals surface area (Å²) in [5.41, 5.74) is 0.822. The van der Waals surface area contributed by atoms with Gasteiger partial charge >= 0.3 is 11.0 Å². The molecule has 0 saturated heterocycles. The maximum absolute atomic E-state index is 10.4. The Kier molecular flexibility index (Phi) is 3.58. The Morgan fingerprint density at radius 3 is 2.93 bits per heavy atom. The smallest absolute Gasteiger partial charge is 0.324 e. The number of rotatable bonds is 4. The Morgan fingerprint density at radius 2 is 2.43 bits per heavy atom. The molecule has 0 bridgehead atoms. The van der Waals surface area contributed by atoms with E-state index in [9.17, 15) is 14.9 Å². The van der Waals surface area contributed by atoms with Crippen LogP contribution >= 0.6 is 11.3 Å². The molecule has 0 unspecified atom stereocenters. The third kappa shape index (κ3) is 3.14. The topological polar surface area (TPSA) is 69.4 Å². The van der Waals surface area contributed by atoms with Crippen molar-refractivity contribution in [2.75, 3.05) is 6.61 Å². The van der Waals surface area contributed by atoms with Crippen LogP contribution in [0.3, 0.4) is 0 Å². The second-order valence-electron chi connectivity index (χ2n) is 2.64. The van der Waals surface area contributed by atoms with Crippen molar-refractivity contribution < 1.29 is 14.5 Å². The Morgan fingerprint density at radius 1 is 1.71 bits per heavy atom. The monoisotopic (exact) mass is 215 g/mol. The van der Waals surface area contributed by atoms with Crippen molar-refractivity contribution in [3.05, 3.63) is 27.1 Å². The standard InChI is InChI=1S/C8H9NO4S/c1-6(10)13-3-2-7-4-8(9(11)12)14-5-7/h4-5H,2-3H2,1H3. The van der Waals surface area contributed by atoms with Gasteiger partial charge in [-0.3, -0.25) is 14.9 Å². The van der Waals surface area contributed by atoms with Gasteiger partial charge in [-0.25, -0.2) is 0 Å². The number of nitro groups is 1. The maximum Gasteiger partial charge on any atom is 0.324 e. The molecule has 0 radical (unpaired) electrons. The van der Waals surface area contributed by atoms with Gasteiger partial charge in [-0.05, 0) is 5.56 Å². The van der Waals surface area contributed by atoms with Crippen LogP contribution in [0.1, 0.15) is 12.5 Å². The molecule has 1 aromatic rings. The van der Waals surface area contributed by atoms with E-state index in [0.717, 1.165) is 16.9 Å². The molecule has 0 N–H and O–H groups in total.